The Morgan fingerprint density at radius 1 is 0.941 bits per heavy atom. The van der Waals surface area contributed by atoms with Gasteiger partial charge in [0.1, 0.15) is 0 Å². The molecule has 172 valence electrons. The molecule has 3 aromatic carbocycles. The molecular formula is C28H29N5O. The van der Waals surface area contributed by atoms with Crippen molar-refractivity contribution in [1.82, 2.24) is 9.88 Å². The van der Waals surface area contributed by atoms with E-state index < -0.39 is 0 Å². The fraction of sp³-hybridized carbons (Fsp3) is 0.214. The molecule has 1 aromatic heterocycles. The van der Waals surface area contributed by atoms with Crippen molar-refractivity contribution in [1.29, 1.82) is 0 Å². The van der Waals surface area contributed by atoms with Gasteiger partial charge in [-0.1, -0.05) is 36.4 Å². The minimum Gasteiger partial charge on any atom is -0.398 e. The van der Waals surface area contributed by atoms with Crippen molar-refractivity contribution in [3.05, 3.63) is 95.7 Å². The van der Waals surface area contributed by atoms with Gasteiger partial charge in [-0.3, -0.25) is 14.7 Å². The maximum atomic E-state index is 13.2. The number of benzene rings is 3. The van der Waals surface area contributed by atoms with E-state index in [0.717, 1.165) is 54.9 Å². The SMILES string of the molecule is Cc1cc(N)c2cc(NC(=O)c3ccccc3CN3CCN(c4ccccc4)CC3)ccc2n1. The Balaban J connectivity index is 1.28. The van der Waals surface area contributed by atoms with Crippen LogP contribution < -0.4 is 16.0 Å². The first kappa shape index (κ1) is 21.9. The number of fused-ring (bicyclic) bond motifs is 1. The number of hydrogen-bond acceptors (Lipinski definition) is 5. The second kappa shape index (κ2) is 9.53. The largest absolute Gasteiger partial charge is 0.398 e. The molecule has 5 rings (SSSR count). The van der Waals surface area contributed by atoms with Gasteiger partial charge in [-0.25, -0.2) is 0 Å². The zero-order chi connectivity index (χ0) is 23.5. The van der Waals surface area contributed by atoms with Gasteiger partial charge in [0.05, 0.1) is 5.52 Å². The number of para-hydroxylation sites is 1. The quantitative estimate of drug-likeness (QED) is 0.460. The number of amides is 1. The van der Waals surface area contributed by atoms with E-state index >= 15 is 0 Å². The molecule has 3 N–H and O–H groups in total. The second-order valence-electron chi connectivity index (χ2n) is 8.79. The highest BCUT2D eigenvalue weighted by Crippen LogP contribution is 2.25. The van der Waals surface area contributed by atoms with E-state index in [4.69, 9.17) is 5.73 Å². The van der Waals surface area contributed by atoms with Gasteiger partial charge in [0.15, 0.2) is 0 Å². The van der Waals surface area contributed by atoms with Crippen LogP contribution in [0.3, 0.4) is 0 Å². The molecule has 2 heterocycles. The lowest BCUT2D eigenvalue weighted by Crippen LogP contribution is -2.46. The van der Waals surface area contributed by atoms with Crippen LogP contribution in [0.15, 0.2) is 78.9 Å². The van der Waals surface area contributed by atoms with Gasteiger partial charge in [0.25, 0.3) is 5.91 Å². The van der Waals surface area contributed by atoms with Crippen LogP contribution in [0.1, 0.15) is 21.6 Å². The number of rotatable bonds is 5. The predicted octanol–water partition coefficient (Wildman–Crippen LogP) is 4.70. The molecule has 0 saturated carbocycles. The average Bonchev–Trinajstić information content (AvgIpc) is 2.86. The zero-order valence-electron chi connectivity index (χ0n) is 19.4. The van der Waals surface area contributed by atoms with E-state index in [2.05, 4.69) is 44.4 Å². The van der Waals surface area contributed by atoms with Crippen molar-refractivity contribution < 1.29 is 4.79 Å². The van der Waals surface area contributed by atoms with Crippen molar-refractivity contribution in [2.45, 2.75) is 13.5 Å². The molecule has 0 unspecified atom stereocenters. The van der Waals surface area contributed by atoms with Crippen LogP contribution >= 0.6 is 0 Å². The molecule has 1 saturated heterocycles. The van der Waals surface area contributed by atoms with Crippen LogP contribution in [0.5, 0.6) is 0 Å². The van der Waals surface area contributed by atoms with Crippen LogP contribution in [0.25, 0.3) is 10.9 Å². The molecule has 6 heteroatoms. The standard InChI is InChI=1S/C28H29N5O/c1-20-17-26(29)25-18-22(11-12-27(25)30-20)31-28(34)24-10-6-5-7-21(24)19-32-13-15-33(16-14-32)23-8-3-2-4-9-23/h2-12,17-18H,13-16,19H2,1H3,(H2,29,30)(H,31,34). The van der Waals surface area contributed by atoms with E-state index in [1.165, 1.54) is 5.69 Å². The summed E-state index contributed by atoms with van der Waals surface area (Å²) in [6.07, 6.45) is 0. The van der Waals surface area contributed by atoms with Crippen molar-refractivity contribution in [2.75, 3.05) is 42.1 Å². The highest BCUT2D eigenvalue weighted by molar-refractivity contribution is 6.06. The summed E-state index contributed by atoms with van der Waals surface area (Å²) in [4.78, 5) is 22.5. The molecule has 1 aliphatic rings. The van der Waals surface area contributed by atoms with Crippen LogP contribution in [0.4, 0.5) is 17.1 Å². The normalized spacial score (nSPS) is 14.3. The Bertz CT molecular complexity index is 1310. The number of pyridine rings is 1. The molecule has 0 radical (unpaired) electrons. The van der Waals surface area contributed by atoms with Crippen molar-refractivity contribution in [3.63, 3.8) is 0 Å². The number of hydrogen-bond donors (Lipinski definition) is 2. The average molecular weight is 452 g/mol. The number of carbonyl (C=O) groups is 1. The summed E-state index contributed by atoms with van der Waals surface area (Å²) in [6, 6.07) is 25.9. The van der Waals surface area contributed by atoms with Crippen LogP contribution in [0, 0.1) is 6.92 Å². The molecule has 0 atom stereocenters. The molecule has 6 nitrogen and oxygen atoms in total. The molecule has 1 amide bonds. The van der Waals surface area contributed by atoms with E-state index in [-0.39, 0.29) is 5.91 Å². The van der Waals surface area contributed by atoms with E-state index in [1.807, 2.05) is 61.5 Å². The fourth-order valence-corrected chi connectivity index (χ4v) is 4.59. The van der Waals surface area contributed by atoms with Gasteiger partial charge in [-0.05, 0) is 55.0 Å². The summed E-state index contributed by atoms with van der Waals surface area (Å²) in [6.45, 7) is 6.54. The fourth-order valence-electron chi connectivity index (χ4n) is 4.59. The maximum absolute atomic E-state index is 13.2. The van der Waals surface area contributed by atoms with Gasteiger partial charge < -0.3 is 16.0 Å². The first-order valence-electron chi connectivity index (χ1n) is 11.7. The summed E-state index contributed by atoms with van der Waals surface area (Å²) in [5, 5.41) is 3.89. The number of nitrogens with one attached hydrogen (secondary N) is 1. The number of nitrogens with zero attached hydrogens (tertiary/aromatic N) is 3. The molecular weight excluding hydrogens is 422 g/mol. The topological polar surface area (TPSA) is 74.5 Å². The third-order valence-corrected chi connectivity index (χ3v) is 6.38. The third kappa shape index (κ3) is 4.72. The Hall–Kier alpha value is -3.90. The summed E-state index contributed by atoms with van der Waals surface area (Å²) >= 11 is 0. The number of nitrogen functional groups attached to an aromatic ring is 1. The zero-order valence-corrected chi connectivity index (χ0v) is 19.4. The third-order valence-electron chi connectivity index (χ3n) is 6.38. The van der Waals surface area contributed by atoms with E-state index in [1.54, 1.807) is 0 Å². The van der Waals surface area contributed by atoms with Crippen LogP contribution in [0.2, 0.25) is 0 Å². The van der Waals surface area contributed by atoms with Crippen molar-refractivity contribution in [3.8, 4) is 0 Å². The molecule has 0 spiro atoms. The van der Waals surface area contributed by atoms with Gasteiger partial charge >= 0.3 is 0 Å². The van der Waals surface area contributed by atoms with Crippen LogP contribution in [-0.4, -0.2) is 42.0 Å². The first-order valence-corrected chi connectivity index (χ1v) is 11.7. The van der Waals surface area contributed by atoms with Gasteiger partial charge in [0, 0.05) is 66.4 Å². The highest BCUT2D eigenvalue weighted by atomic mass is 16.1. The lowest BCUT2D eigenvalue weighted by Gasteiger charge is -2.36. The number of anilines is 3. The summed E-state index contributed by atoms with van der Waals surface area (Å²) in [7, 11) is 0. The summed E-state index contributed by atoms with van der Waals surface area (Å²) in [5.41, 5.74) is 12.2. The Morgan fingerprint density at radius 3 is 2.47 bits per heavy atom. The number of carbonyl (C=O) groups excluding carboxylic acids is 1. The molecule has 1 fully saturated rings. The lowest BCUT2D eigenvalue weighted by molar-refractivity contribution is 0.102. The van der Waals surface area contributed by atoms with Gasteiger partial charge in [-0.2, -0.15) is 0 Å². The number of piperazine rings is 1. The molecule has 4 aromatic rings. The van der Waals surface area contributed by atoms with E-state index in [9.17, 15) is 4.79 Å². The Kier molecular flexibility index (Phi) is 6.14. The monoisotopic (exact) mass is 451 g/mol. The van der Waals surface area contributed by atoms with Crippen LogP contribution in [-0.2, 0) is 6.54 Å². The Labute approximate surface area is 200 Å². The molecule has 1 aliphatic heterocycles. The summed E-state index contributed by atoms with van der Waals surface area (Å²) < 4.78 is 0. The Morgan fingerprint density at radius 2 is 1.68 bits per heavy atom. The molecule has 0 aliphatic carbocycles. The number of aryl methyl sites for hydroxylation is 1. The van der Waals surface area contributed by atoms with Gasteiger partial charge in [0.2, 0.25) is 0 Å². The van der Waals surface area contributed by atoms with Gasteiger partial charge in [-0.15, -0.1) is 0 Å². The minimum atomic E-state index is -0.114. The highest BCUT2D eigenvalue weighted by Gasteiger charge is 2.20. The molecule has 0 bridgehead atoms. The lowest BCUT2D eigenvalue weighted by atomic mass is 10.1. The van der Waals surface area contributed by atoms with Crippen molar-refractivity contribution in [2.24, 2.45) is 0 Å². The smallest absolute Gasteiger partial charge is 0.255 e. The first-order chi connectivity index (χ1) is 16.6. The maximum Gasteiger partial charge on any atom is 0.255 e. The number of nitrogens with two attached hydrogens (primary N) is 1. The molecule has 34 heavy (non-hydrogen) atoms. The predicted molar refractivity (Wildman–Crippen MR) is 139 cm³/mol. The van der Waals surface area contributed by atoms with E-state index in [0.29, 0.717) is 16.9 Å². The van der Waals surface area contributed by atoms with Crippen molar-refractivity contribution >= 4 is 33.9 Å². The second-order valence-corrected chi connectivity index (χ2v) is 8.79. The number of aromatic nitrogens is 1. The minimum absolute atomic E-state index is 0.114. The summed E-state index contributed by atoms with van der Waals surface area (Å²) in [5.74, 6) is -0.114.